The first-order valence-electron chi connectivity index (χ1n) is 6.94. The largest absolute Gasteiger partial charge is 0.394 e. The van der Waals surface area contributed by atoms with Gasteiger partial charge in [-0.25, -0.2) is 4.79 Å². The van der Waals surface area contributed by atoms with Crippen LogP contribution in [0.15, 0.2) is 41.1 Å². The summed E-state index contributed by atoms with van der Waals surface area (Å²) in [4.78, 5) is 13.9. The Bertz CT molecular complexity index is 601. The number of hydrogen-bond acceptors (Lipinski definition) is 3. The molecule has 6 heteroatoms. The normalized spacial score (nSPS) is 13.5. The van der Waals surface area contributed by atoms with Crippen molar-refractivity contribution in [1.29, 1.82) is 0 Å². The van der Waals surface area contributed by atoms with Gasteiger partial charge in [-0.1, -0.05) is 23.7 Å². The van der Waals surface area contributed by atoms with E-state index in [0.29, 0.717) is 5.02 Å². The Morgan fingerprint density at radius 2 is 2.00 bits per heavy atom. The van der Waals surface area contributed by atoms with Crippen molar-refractivity contribution in [2.75, 3.05) is 13.7 Å². The van der Waals surface area contributed by atoms with E-state index in [1.54, 1.807) is 25.3 Å². The Balaban J connectivity index is 2.23. The maximum Gasteiger partial charge on any atom is 0.318 e. The number of rotatable bonds is 5. The van der Waals surface area contributed by atoms with E-state index in [9.17, 15) is 9.90 Å². The minimum absolute atomic E-state index is 0.0754. The standard InChI is InChI=1S/C16H19ClN2O2S/c1-11(9-20)19(2)16(21)18-15(13-7-8-22-10-13)12-3-5-14(17)6-4-12/h3-8,10-11,15,20H,9H2,1-2H3,(H,18,21). The summed E-state index contributed by atoms with van der Waals surface area (Å²) in [5.41, 5.74) is 1.98. The molecule has 0 radical (unpaired) electrons. The van der Waals surface area contributed by atoms with Crippen LogP contribution in [-0.2, 0) is 0 Å². The van der Waals surface area contributed by atoms with Crippen LogP contribution in [0.1, 0.15) is 24.1 Å². The van der Waals surface area contributed by atoms with Crippen molar-refractivity contribution in [3.05, 3.63) is 57.2 Å². The Kier molecular flexibility index (Phi) is 5.83. The molecule has 1 aromatic carbocycles. The van der Waals surface area contributed by atoms with Crippen molar-refractivity contribution in [2.45, 2.75) is 19.0 Å². The van der Waals surface area contributed by atoms with Gasteiger partial charge in [0.1, 0.15) is 0 Å². The number of likely N-dealkylation sites (N-methyl/N-ethyl adjacent to an activating group) is 1. The average Bonchev–Trinajstić information content (AvgIpc) is 3.06. The molecule has 4 nitrogen and oxygen atoms in total. The maximum absolute atomic E-state index is 12.4. The second kappa shape index (κ2) is 7.63. The van der Waals surface area contributed by atoms with Gasteiger partial charge in [-0.2, -0.15) is 11.3 Å². The summed E-state index contributed by atoms with van der Waals surface area (Å²) in [5, 5.41) is 16.8. The van der Waals surface area contributed by atoms with Crippen molar-refractivity contribution in [3.63, 3.8) is 0 Å². The molecule has 2 aromatic rings. The SMILES string of the molecule is CC(CO)N(C)C(=O)NC(c1ccc(Cl)cc1)c1ccsc1. The fraction of sp³-hybridized carbons (Fsp3) is 0.312. The Morgan fingerprint density at radius 1 is 1.32 bits per heavy atom. The molecule has 0 saturated carbocycles. The van der Waals surface area contributed by atoms with Crippen LogP contribution in [0.3, 0.4) is 0 Å². The lowest BCUT2D eigenvalue weighted by molar-refractivity contribution is 0.156. The number of aliphatic hydroxyl groups is 1. The first kappa shape index (κ1) is 16.8. The number of benzene rings is 1. The van der Waals surface area contributed by atoms with Crippen LogP contribution in [0, 0.1) is 0 Å². The van der Waals surface area contributed by atoms with Crippen LogP contribution >= 0.6 is 22.9 Å². The fourth-order valence-corrected chi connectivity index (χ4v) is 2.81. The molecule has 0 aliphatic carbocycles. The molecule has 1 aromatic heterocycles. The summed E-state index contributed by atoms with van der Waals surface area (Å²) in [7, 11) is 1.67. The van der Waals surface area contributed by atoms with E-state index in [-0.39, 0.29) is 24.7 Å². The minimum atomic E-state index is -0.246. The third-order valence-corrected chi connectivity index (χ3v) is 4.55. The van der Waals surface area contributed by atoms with E-state index in [4.69, 9.17) is 11.6 Å². The molecule has 0 aliphatic rings. The van der Waals surface area contributed by atoms with Gasteiger partial charge in [-0.3, -0.25) is 0 Å². The zero-order chi connectivity index (χ0) is 16.1. The topological polar surface area (TPSA) is 52.6 Å². The number of nitrogens with zero attached hydrogens (tertiary/aromatic N) is 1. The van der Waals surface area contributed by atoms with Crippen molar-refractivity contribution in [1.82, 2.24) is 10.2 Å². The molecule has 2 N–H and O–H groups in total. The summed E-state index contributed by atoms with van der Waals surface area (Å²) in [6, 6.07) is 8.69. The Morgan fingerprint density at radius 3 is 2.55 bits per heavy atom. The van der Waals surface area contributed by atoms with Crippen LogP contribution in [-0.4, -0.2) is 35.7 Å². The molecule has 2 rings (SSSR count). The van der Waals surface area contributed by atoms with Crippen LogP contribution < -0.4 is 5.32 Å². The van der Waals surface area contributed by atoms with Gasteiger partial charge < -0.3 is 15.3 Å². The highest BCUT2D eigenvalue weighted by Gasteiger charge is 2.21. The molecule has 0 aliphatic heterocycles. The summed E-state index contributed by atoms with van der Waals surface area (Å²) < 4.78 is 0. The van der Waals surface area contributed by atoms with Crippen molar-refractivity contribution in [3.8, 4) is 0 Å². The molecule has 0 bridgehead atoms. The molecule has 118 valence electrons. The van der Waals surface area contributed by atoms with E-state index >= 15 is 0 Å². The van der Waals surface area contributed by atoms with Crippen molar-refractivity contribution in [2.24, 2.45) is 0 Å². The second-order valence-electron chi connectivity index (χ2n) is 5.13. The number of carbonyl (C=O) groups excluding carboxylic acids is 1. The summed E-state index contributed by atoms with van der Waals surface area (Å²) in [5.74, 6) is 0. The van der Waals surface area contributed by atoms with Crippen LogP contribution in [0.5, 0.6) is 0 Å². The van der Waals surface area contributed by atoms with Crippen LogP contribution in [0.4, 0.5) is 4.79 Å². The van der Waals surface area contributed by atoms with Gasteiger partial charge in [0.25, 0.3) is 0 Å². The first-order chi connectivity index (χ1) is 10.5. The molecule has 22 heavy (non-hydrogen) atoms. The number of urea groups is 1. The number of carbonyl (C=O) groups is 1. The molecule has 0 fully saturated rings. The van der Waals surface area contributed by atoms with E-state index in [1.165, 1.54) is 4.90 Å². The Hall–Kier alpha value is -1.56. The monoisotopic (exact) mass is 338 g/mol. The molecule has 2 unspecified atom stereocenters. The highest BCUT2D eigenvalue weighted by molar-refractivity contribution is 7.08. The number of nitrogens with one attached hydrogen (secondary N) is 1. The van der Waals surface area contributed by atoms with E-state index in [0.717, 1.165) is 11.1 Å². The van der Waals surface area contributed by atoms with Crippen LogP contribution in [0.25, 0.3) is 0 Å². The predicted octanol–water partition coefficient (Wildman–Crippen LogP) is 3.51. The van der Waals surface area contributed by atoms with Gasteiger partial charge in [0.05, 0.1) is 18.7 Å². The van der Waals surface area contributed by atoms with E-state index < -0.39 is 0 Å². The lowest BCUT2D eigenvalue weighted by Gasteiger charge is -2.27. The third-order valence-electron chi connectivity index (χ3n) is 3.59. The lowest BCUT2D eigenvalue weighted by atomic mass is 10.0. The van der Waals surface area contributed by atoms with E-state index in [1.807, 2.05) is 41.1 Å². The average molecular weight is 339 g/mol. The molecular weight excluding hydrogens is 320 g/mol. The highest BCUT2D eigenvalue weighted by atomic mass is 35.5. The summed E-state index contributed by atoms with van der Waals surface area (Å²) in [6.07, 6.45) is 0. The Labute approximate surface area is 139 Å². The van der Waals surface area contributed by atoms with Gasteiger partial charge in [0, 0.05) is 12.1 Å². The van der Waals surface area contributed by atoms with Crippen LogP contribution in [0.2, 0.25) is 5.02 Å². The van der Waals surface area contributed by atoms with E-state index in [2.05, 4.69) is 5.32 Å². The zero-order valence-electron chi connectivity index (χ0n) is 12.5. The number of hydrogen-bond donors (Lipinski definition) is 2. The molecule has 2 atom stereocenters. The second-order valence-corrected chi connectivity index (χ2v) is 6.35. The number of halogens is 1. The molecule has 0 spiro atoms. The smallest absolute Gasteiger partial charge is 0.318 e. The third kappa shape index (κ3) is 4.00. The predicted molar refractivity (Wildman–Crippen MR) is 90.5 cm³/mol. The number of thiophene rings is 1. The molecule has 0 saturated heterocycles. The highest BCUT2D eigenvalue weighted by Crippen LogP contribution is 2.25. The lowest BCUT2D eigenvalue weighted by Crippen LogP contribution is -2.45. The quantitative estimate of drug-likeness (QED) is 0.876. The first-order valence-corrected chi connectivity index (χ1v) is 8.26. The summed E-state index contributed by atoms with van der Waals surface area (Å²) >= 11 is 7.52. The van der Waals surface area contributed by atoms with Gasteiger partial charge in [-0.15, -0.1) is 0 Å². The van der Waals surface area contributed by atoms with Gasteiger partial charge >= 0.3 is 6.03 Å². The summed E-state index contributed by atoms with van der Waals surface area (Å²) in [6.45, 7) is 1.72. The maximum atomic E-state index is 12.4. The molecular formula is C16H19ClN2O2S. The van der Waals surface area contributed by atoms with Crippen molar-refractivity contribution < 1.29 is 9.90 Å². The van der Waals surface area contributed by atoms with Crippen molar-refractivity contribution >= 4 is 29.0 Å². The van der Waals surface area contributed by atoms with Gasteiger partial charge in [-0.05, 0) is 47.0 Å². The molecule has 2 amide bonds. The zero-order valence-corrected chi connectivity index (χ0v) is 14.1. The van der Waals surface area contributed by atoms with Gasteiger partial charge in [0.15, 0.2) is 0 Å². The molecule has 1 heterocycles. The number of amides is 2. The fourth-order valence-electron chi connectivity index (χ4n) is 2.00. The van der Waals surface area contributed by atoms with Gasteiger partial charge in [0.2, 0.25) is 0 Å². The minimum Gasteiger partial charge on any atom is -0.394 e. The number of aliphatic hydroxyl groups excluding tert-OH is 1.